The summed E-state index contributed by atoms with van der Waals surface area (Å²) < 4.78 is 39.1. The highest BCUT2D eigenvalue weighted by atomic mass is 79.9. The number of anilines is 1. The molecule has 0 radical (unpaired) electrons. The van der Waals surface area contributed by atoms with Gasteiger partial charge in [0.25, 0.3) is 0 Å². The Morgan fingerprint density at radius 1 is 1.00 bits per heavy atom. The van der Waals surface area contributed by atoms with E-state index in [1.165, 1.54) is 26.4 Å². The monoisotopic (exact) mass is 552 g/mol. The number of nitrogens with zero attached hydrogens (tertiary/aromatic N) is 1. The van der Waals surface area contributed by atoms with Crippen LogP contribution >= 0.6 is 27.5 Å². The van der Waals surface area contributed by atoms with Crippen LogP contribution in [0.15, 0.2) is 76.1 Å². The van der Waals surface area contributed by atoms with Crippen LogP contribution < -0.4 is 14.8 Å². The number of halogens is 2. The summed E-state index contributed by atoms with van der Waals surface area (Å²) in [7, 11) is -0.982. The van der Waals surface area contributed by atoms with Gasteiger partial charge in [-0.1, -0.05) is 39.7 Å². The van der Waals surface area contributed by atoms with Gasteiger partial charge in [0.1, 0.15) is 11.5 Å². The van der Waals surface area contributed by atoms with E-state index in [0.29, 0.717) is 27.8 Å². The minimum absolute atomic E-state index is 0.0112. The van der Waals surface area contributed by atoms with Crippen molar-refractivity contribution in [2.45, 2.75) is 11.4 Å². The van der Waals surface area contributed by atoms with E-state index >= 15 is 0 Å². The van der Waals surface area contributed by atoms with Crippen molar-refractivity contribution >= 4 is 49.1 Å². The van der Waals surface area contributed by atoms with Crippen LogP contribution in [0.4, 0.5) is 5.69 Å². The van der Waals surface area contributed by atoms with Gasteiger partial charge in [0.15, 0.2) is 0 Å². The molecule has 174 valence electrons. The number of sulfonamides is 1. The molecule has 10 heteroatoms. The molecule has 0 atom stereocenters. The third-order valence-corrected chi connectivity index (χ3v) is 7.31. The van der Waals surface area contributed by atoms with E-state index in [2.05, 4.69) is 21.2 Å². The number of benzene rings is 3. The van der Waals surface area contributed by atoms with Crippen molar-refractivity contribution in [1.29, 1.82) is 0 Å². The molecule has 33 heavy (non-hydrogen) atoms. The minimum Gasteiger partial charge on any atom is -0.497 e. The smallest absolute Gasteiger partial charge is 0.243 e. The Morgan fingerprint density at radius 2 is 1.67 bits per heavy atom. The molecular formula is C23H22BrClN2O5S. The second-order valence-corrected chi connectivity index (χ2v) is 10.3. The van der Waals surface area contributed by atoms with E-state index in [9.17, 15) is 13.2 Å². The minimum atomic E-state index is -3.97. The van der Waals surface area contributed by atoms with Crippen LogP contribution in [-0.4, -0.2) is 39.4 Å². The van der Waals surface area contributed by atoms with Gasteiger partial charge < -0.3 is 14.8 Å². The van der Waals surface area contributed by atoms with Crippen molar-refractivity contribution in [3.05, 3.63) is 81.8 Å². The number of rotatable bonds is 9. The zero-order valence-electron chi connectivity index (χ0n) is 17.9. The molecule has 0 spiro atoms. The first-order valence-corrected chi connectivity index (χ1v) is 12.4. The van der Waals surface area contributed by atoms with Gasteiger partial charge in [0.05, 0.1) is 31.3 Å². The normalized spacial score (nSPS) is 11.3. The van der Waals surface area contributed by atoms with Gasteiger partial charge >= 0.3 is 0 Å². The third-order valence-electron chi connectivity index (χ3n) is 4.73. The van der Waals surface area contributed by atoms with Crippen molar-refractivity contribution in [2.24, 2.45) is 0 Å². The number of ether oxygens (including phenoxy) is 2. The zero-order valence-corrected chi connectivity index (χ0v) is 21.1. The summed E-state index contributed by atoms with van der Waals surface area (Å²) in [5.74, 6) is 0.433. The lowest BCUT2D eigenvalue weighted by atomic mass is 10.2. The van der Waals surface area contributed by atoms with Gasteiger partial charge in [-0.05, 0) is 54.1 Å². The van der Waals surface area contributed by atoms with Crippen molar-refractivity contribution in [2.75, 3.05) is 26.1 Å². The molecule has 0 fully saturated rings. The van der Waals surface area contributed by atoms with E-state index < -0.39 is 22.5 Å². The molecule has 1 N–H and O–H groups in total. The maximum absolute atomic E-state index is 13.4. The summed E-state index contributed by atoms with van der Waals surface area (Å²) in [4.78, 5) is 13.0. The number of hydrogen-bond donors (Lipinski definition) is 1. The van der Waals surface area contributed by atoms with Crippen molar-refractivity contribution in [3.63, 3.8) is 0 Å². The Balaban J connectivity index is 1.88. The van der Waals surface area contributed by atoms with Gasteiger partial charge in [-0.25, -0.2) is 8.42 Å². The average molecular weight is 554 g/mol. The first kappa shape index (κ1) is 25.0. The highest BCUT2D eigenvalue weighted by Gasteiger charge is 2.27. The molecule has 3 aromatic carbocycles. The Morgan fingerprint density at radius 3 is 2.27 bits per heavy atom. The summed E-state index contributed by atoms with van der Waals surface area (Å²) in [5, 5.41) is 3.25. The molecular weight excluding hydrogens is 532 g/mol. The van der Waals surface area contributed by atoms with E-state index in [1.807, 2.05) is 0 Å². The Hall–Kier alpha value is -2.59. The molecule has 0 heterocycles. The van der Waals surface area contributed by atoms with Crippen LogP contribution in [0.2, 0.25) is 5.02 Å². The van der Waals surface area contributed by atoms with Crippen molar-refractivity contribution in [1.82, 2.24) is 4.31 Å². The molecule has 7 nitrogen and oxygen atoms in total. The lowest BCUT2D eigenvalue weighted by Gasteiger charge is -2.22. The van der Waals surface area contributed by atoms with Gasteiger partial charge in [0.2, 0.25) is 15.9 Å². The van der Waals surface area contributed by atoms with E-state index in [-0.39, 0.29) is 11.4 Å². The van der Waals surface area contributed by atoms with Gasteiger partial charge in [-0.3, -0.25) is 4.79 Å². The van der Waals surface area contributed by atoms with Crippen LogP contribution in [0, 0.1) is 0 Å². The molecule has 0 saturated heterocycles. The molecule has 0 saturated carbocycles. The second kappa shape index (κ2) is 11.0. The number of nitrogens with one attached hydrogen (secondary N) is 1. The highest BCUT2D eigenvalue weighted by Crippen LogP contribution is 2.29. The van der Waals surface area contributed by atoms with Crippen LogP contribution in [0.3, 0.4) is 0 Å². The Kier molecular flexibility index (Phi) is 8.36. The maximum atomic E-state index is 13.4. The molecule has 3 rings (SSSR count). The first-order valence-electron chi connectivity index (χ1n) is 9.75. The summed E-state index contributed by atoms with van der Waals surface area (Å²) >= 11 is 9.26. The summed E-state index contributed by atoms with van der Waals surface area (Å²) in [5.41, 5.74) is 1.09. The zero-order chi connectivity index (χ0) is 24.0. The highest BCUT2D eigenvalue weighted by molar-refractivity contribution is 9.10. The van der Waals surface area contributed by atoms with E-state index in [1.54, 1.807) is 54.6 Å². The Bertz CT molecular complexity index is 1220. The summed E-state index contributed by atoms with van der Waals surface area (Å²) in [6, 6.07) is 17.9. The molecule has 0 aliphatic rings. The quantitative estimate of drug-likeness (QED) is 0.405. The number of carbonyl (C=O) groups is 1. The molecule has 0 aromatic heterocycles. The number of hydrogen-bond acceptors (Lipinski definition) is 5. The molecule has 0 aliphatic heterocycles. The molecule has 0 unspecified atom stereocenters. The first-order chi connectivity index (χ1) is 15.7. The fourth-order valence-corrected chi connectivity index (χ4v) is 4.80. The van der Waals surface area contributed by atoms with Crippen molar-refractivity contribution < 1.29 is 22.7 Å². The molecule has 1 amide bonds. The third kappa shape index (κ3) is 6.48. The van der Waals surface area contributed by atoms with Gasteiger partial charge in [-0.2, -0.15) is 4.31 Å². The van der Waals surface area contributed by atoms with Crippen LogP contribution in [0.5, 0.6) is 11.5 Å². The number of amides is 1. The van der Waals surface area contributed by atoms with Crippen LogP contribution in [0.1, 0.15) is 5.56 Å². The predicted molar refractivity (Wildman–Crippen MR) is 131 cm³/mol. The molecule has 0 bridgehead atoms. The topological polar surface area (TPSA) is 84.9 Å². The average Bonchev–Trinajstić information content (AvgIpc) is 2.80. The lowest BCUT2D eigenvalue weighted by Crippen LogP contribution is -2.37. The van der Waals surface area contributed by atoms with Gasteiger partial charge in [0, 0.05) is 22.1 Å². The largest absolute Gasteiger partial charge is 0.497 e. The fourth-order valence-electron chi connectivity index (χ4n) is 3.03. The second-order valence-electron chi connectivity index (χ2n) is 6.97. The maximum Gasteiger partial charge on any atom is 0.243 e. The molecule has 3 aromatic rings. The molecule has 0 aliphatic carbocycles. The van der Waals surface area contributed by atoms with Crippen LogP contribution in [0.25, 0.3) is 0 Å². The van der Waals surface area contributed by atoms with E-state index in [4.69, 9.17) is 21.1 Å². The fraction of sp³-hybridized carbons (Fsp3) is 0.174. The number of methoxy groups -OCH3 is 2. The van der Waals surface area contributed by atoms with Crippen molar-refractivity contribution in [3.8, 4) is 11.5 Å². The number of carbonyl (C=O) groups excluding carboxylic acids is 1. The SMILES string of the molecule is COc1ccc(NC(=O)CN(Cc2ccc(Cl)cc2)S(=O)(=O)c2ccc(Br)cc2)c(OC)c1. The lowest BCUT2D eigenvalue weighted by molar-refractivity contribution is -0.116. The van der Waals surface area contributed by atoms with Gasteiger partial charge in [-0.15, -0.1) is 0 Å². The van der Waals surface area contributed by atoms with E-state index in [0.717, 1.165) is 8.78 Å². The summed E-state index contributed by atoms with van der Waals surface area (Å²) in [6.45, 7) is -0.418. The standard InChI is InChI=1S/C23H22BrClN2O5S/c1-31-19-9-12-21(22(13-19)32-2)26-23(28)15-27(14-16-3-7-18(25)8-4-16)33(29,30)20-10-5-17(24)6-11-20/h3-13H,14-15H2,1-2H3,(H,26,28). The van der Waals surface area contributed by atoms with Crippen LogP contribution in [-0.2, 0) is 21.4 Å². The predicted octanol–water partition coefficient (Wildman–Crippen LogP) is 4.95. The Labute approximate surface area is 206 Å². The summed E-state index contributed by atoms with van der Waals surface area (Å²) in [6.07, 6.45) is 0.